The molecule has 1 unspecified atom stereocenters. The Morgan fingerprint density at radius 2 is 2.20 bits per heavy atom. The first-order valence-electron chi connectivity index (χ1n) is 6.49. The summed E-state index contributed by atoms with van der Waals surface area (Å²) < 4.78 is 1.99. The molecule has 0 saturated heterocycles. The predicted molar refractivity (Wildman–Crippen MR) is 71.5 cm³/mol. The lowest BCUT2D eigenvalue weighted by molar-refractivity contribution is 0.0690. The molecule has 20 heavy (non-hydrogen) atoms. The molecule has 3 rings (SSSR count). The summed E-state index contributed by atoms with van der Waals surface area (Å²) >= 11 is 0. The van der Waals surface area contributed by atoms with Crippen molar-refractivity contribution in [2.45, 2.75) is 31.8 Å². The van der Waals surface area contributed by atoms with Crippen molar-refractivity contribution < 1.29 is 9.90 Å². The molecule has 0 amide bonds. The number of rotatable bonds is 5. The highest BCUT2D eigenvalue weighted by atomic mass is 16.4. The Balaban J connectivity index is 1.67. The zero-order valence-corrected chi connectivity index (χ0v) is 11.0. The second-order valence-corrected chi connectivity index (χ2v) is 4.94. The van der Waals surface area contributed by atoms with Gasteiger partial charge in [-0.25, -0.2) is 14.8 Å². The minimum atomic E-state index is -1.08. The number of carboxylic acid groups (broad SMARTS) is 1. The fraction of sp³-hybridized carbons (Fsp3) is 0.385. The van der Waals surface area contributed by atoms with E-state index in [2.05, 4.69) is 20.4 Å². The van der Waals surface area contributed by atoms with Crippen LogP contribution in [-0.4, -0.2) is 30.8 Å². The molecule has 104 valence electrons. The molecule has 0 bridgehead atoms. The van der Waals surface area contributed by atoms with Crippen LogP contribution in [0, 0.1) is 0 Å². The maximum atomic E-state index is 10.7. The average molecular weight is 273 g/mol. The third kappa shape index (κ3) is 2.61. The molecule has 2 aromatic rings. The first-order valence-corrected chi connectivity index (χ1v) is 6.49. The van der Waals surface area contributed by atoms with E-state index in [1.165, 1.54) is 25.2 Å². The number of carbonyl (C=O) groups is 1. The van der Waals surface area contributed by atoms with Crippen molar-refractivity contribution in [3.05, 3.63) is 36.0 Å². The molecule has 1 saturated carbocycles. The largest absolute Gasteiger partial charge is 0.476 e. The van der Waals surface area contributed by atoms with Gasteiger partial charge in [-0.05, 0) is 19.8 Å². The molecule has 0 radical (unpaired) electrons. The SMILES string of the molecule is CC(Nc1cnc(C(=O)O)cn1)c1cnn(C2CC2)c1. The lowest BCUT2D eigenvalue weighted by Crippen LogP contribution is -2.09. The molecule has 1 fully saturated rings. The summed E-state index contributed by atoms with van der Waals surface area (Å²) in [5, 5.41) is 16.3. The van der Waals surface area contributed by atoms with Crippen molar-refractivity contribution in [3.8, 4) is 0 Å². The highest BCUT2D eigenvalue weighted by Crippen LogP contribution is 2.34. The normalized spacial score (nSPS) is 15.8. The summed E-state index contributed by atoms with van der Waals surface area (Å²) in [6.07, 6.45) is 8.94. The van der Waals surface area contributed by atoms with Gasteiger partial charge in [-0.1, -0.05) is 0 Å². The van der Waals surface area contributed by atoms with Crippen LogP contribution < -0.4 is 5.32 Å². The van der Waals surface area contributed by atoms with E-state index < -0.39 is 5.97 Å². The van der Waals surface area contributed by atoms with Gasteiger partial charge in [-0.3, -0.25) is 4.68 Å². The van der Waals surface area contributed by atoms with Crippen LogP contribution in [0.4, 0.5) is 5.82 Å². The number of aromatic nitrogens is 4. The summed E-state index contributed by atoms with van der Waals surface area (Å²) in [5.41, 5.74) is 1.01. The number of carboxylic acids is 1. The highest BCUT2D eigenvalue weighted by molar-refractivity contribution is 5.84. The van der Waals surface area contributed by atoms with Crippen LogP contribution in [0.1, 0.15) is 47.9 Å². The molecule has 2 heterocycles. The van der Waals surface area contributed by atoms with E-state index in [9.17, 15) is 4.79 Å². The van der Waals surface area contributed by atoms with Crippen molar-refractivity contribution in [1.82, 2.24) is 19.7 Å². The summed E-state index contributed by atoms with van der Waals surface area (Å²) in [7, 11) is 0. The lowest BCUT2D eigenvalue weighted by atomic mass is 10.2. The van der Waals surface area contributed by atoms with Gasteiger partial charge in [0.05, 0.1) is 30.7 Å². The van der Waals surface area contributed by atoms with Gasteiger partial charge in [0, 0.05) is 11.8 Å². The molecule has 1 atom stereocenters. The van der Waals surface area contributed by atoms with Gasteiger partial charge < -0.3 is 10.4 Å². The molecule has 0 aromatic carbocycles. The summed E-state index contributed by atoms with van der Waals surface area (Å²) in [4.78, 5) is 18.6. The molecule has 2 aromatic heterocycles. The van der Waals surface area contributed by atoms with Gasteiger partial charge in [0.15, 0.2) is 5.69 Å². The van der Waals surface area contributed by atoms with Gasteiger partial charge in [-0.2, -0.15) is 5.10 Å². The van der Waals surface area contributed by atoms with Crippen molar-refractivity contribution in [2.75, 3.05) is 5.32 Å². The van der Waals surface area contributed by atoms with Crippen LogP contribution in [0.5, 0.6) is 0 Å². The van der Waals surface area contributed by atoms with Crippen LogP contribution in [0.25, 0.3) is 0 Å². The maximum Gasteiger partial charge on any atom is 0.356 e. The minimum absolute atomic E-state index is 0.0347. The van der Waals surface area contributed by atoms with Crippen molar-refractivity contribution in [2.24, 2.45) is 0 Å². The van der Waals surface area contributed by atoms with Gasteiger partial charge in [0.25, 0.3) is 0 Å². The fourth-order valence-corrected chi connectivity index (χ4v) is 1.93. The quantitative estimate of drug-likeness (QED) is 0.864. The summed E-state index contributed by atoms with van der Waals surface area (Å²) in [6, 6.07) is 0.595. The van der Waals surface area contributed by atoms with Crippen molar-refractivity contribution in [3.63, 3.8) is 0 Å². The second-order valence-electron chi connectivity index (χ2n) is 4.94. The minimum Gasteiger partial charge on any atom is -0.476 e. The Kier molecular flexibility index (Phi) is 3.09. The van der Waals surface area contributed by atoms with Crippen molar-refractivity contribution >= 4 is 11.8 Å². The van der Waals surface area contributed by atoms with Crippen LogP contribution in [0.15, 0.2) is 24.8 Å². The summed E-state index contributed by atoms with van der Waals surface area (Å²) in [6.45, 7) is 2.00. The molecular formula is C13H15N5O2. The third-order valence-corrected chi connectivity index (χ3v) is 3.28. The maximum absolute atomic E-state index is 10.7. The van der Waals surface area contributed by atoms with E-state index in [-0.39, 0.29) is 11.7 Å². The summed E-state index contributed by atoms with van der Waals surface area (Å²) in [5.74, 6) is -0.538. The van der Waals surface area contributed by atoms with Gasteiger partial charge in [0.2, 0.25) is 0 Å². The number of aromatic carboxylic acids is 1. The monoisotopic (exact) mass is 273 g/mol. The number of hydrogen-bond acceptors (Lipinski definition) is 5. The van der Waals surface area contributed by atoms with Gasteiger partial charge in [-0.15, -0.1) is 0 Å². The zero-order valence-electron chi connectivity index (χ0n) is 11.0. The fourth-order valence-electron chi connectivity index (χ4n) is 1.93. The lowest BCUT2D eigenvalue weighted by Gasteiger charge is -2.12. The molecule has 2 N–H and O–H groups in total. The van der Waals surface area contributed by atoms with E-state index in [0.717, 1.165) is 5.56 Å². The Hall–Kier alpha value is -2.44. The van der Waals surface area contributed by atoms with E-state index in [1.807, 2.05) is 24.0 Å². The Labute approximate surface area is 115 Å². The van der Waals surface area contributed by atoms with E-state index in [4.69, 9.17) is 5.11 Å². The third-order valence-electron chi connectivity index (χ3n) is 3.28. The molecule has 0 aliphatic heterocycles. The molecule has 1 aliphatic rings. The van der Waals surface area contributed by atoms with E-state index in [0.29, 0.717) is 11.9 Å². The molecular weight excluding hydrogens is 258 g/mol. The zero-order chi connectivity index (χ0) is 14.1. The van der Waals surface area contributed by atoms with Crippen LogP contribution in [0.2, 0.25) is 0 Å². The van der Waals surface area contributed by atoms with Crippen molar-refractivity contribution in [1.29, 1.82) is 0 Å². The van der Waals surface area contributed by atoms with Gasteiger partial charge >= 0.3 is 5.97 Å². The molecule has 0 spiro atoms. The smallest absolute Gasteiger partial charge is 0.356 e. The number of hydrogen-bond donors (Lipinski definition) is 2. The Bertz CT molecular complexity index is 618. The number of nitrogens with zero attached hydrogens (tertiary/aromatic N) is 4. The van der Waals surface area contributed by atoms with E-state index in [1.54, 1.807) is 0 Å². The topological polar surface area (TPSA) is 92.9 Å². The first kappa shape index (κ1) is 12.6. The molecule has 7 heteroatoms. The van der Waals surface area contributed by atoms with E-state index >= 15 is 0 Å². The standard InChI is InChI=1S/C13H15N5O2/c1-8(9-4-16-18(7-9)10-2-3-10)17-12-6-14-11(5-15-12)13(19)20/h4-8,10H,2-3H2,1H3,(H,15,17)(H,19,20). The number of nitrogens with one attached hydrogen (secondary N) is 1. The average Bonchev–Trinajstić information content (AvgIpc) is 3.17. The predicted octanol–water partition coefficient (Wildman–Crippen LogP) is 1.88. The Morgan fingerprint density at radius 1 is 1.40 bits per heavy atom. The van der Waals surface area contributed by atoms with Gasteiger partial charge in [0.1, 0.15) is 5.82 Å². The molecule has 1 aliphatic carbocycles. The van der Waals surface area contributed by atoms with Crippen LogP contribution in [-0.2, 0) is 0 Å². The second kappa shape index (κ2) is 4.92. The number of anilines is 1. The van der Waals surface area contributed by atoms with Crippen LogP contribution in [0.3, 0.4) is 0 Å². The molecule has 7 nitrogen and oxygen atoms in total. The Morgan fingerprint density at radius 3 is 2.80 bits per heavy atom. The highest BCUT2D eigenvalue weighted by Gasteiger charge is 2.24. The first-order chi connectivity index (χ1) is 9.63. The van der Waals surface area contributed by atoms with Crippen LogP contribution >= 0.6 is 0 Å².